The molecule has 0 radical (unpaired) electrons. The van der Waals surface area contributed by atoms with Gasteiger partial charge in [0, 0.05) is 32.2 Å². The van der Waals surface area contributed by atoms with Crippen molar-refractivity contribution in [2.45, 2.75) is 31.1 Å². The van der Waals surface area contributed by atoms with Crippen molar-refractivity contribution in [3.8, 4) is 0 Å². The molecule has 0 bridgehead atoms. The minimum absolute atomic E-state index is 0.0828. The molecule has 0 aliphatic carbocycles. The van der Waals surface area contributed by atoms with Gasteiger partial charge in [0.15, 0.2) is 0 Å². The zero-order valence-corrected chi connectivity index (χ0v) is 11.9. The van der Waals surface area contributed by atoms with Crippen LogP contribution in [0.5, 0.6) is 0 Å². The maximum atomic E-state index is 11.9. The summed E-state index contributed by atoms with van der Waals surface area (Å²) in [4.78, 5) is 3.84. The first-order chi connectivity index (χ1) is 9.06. The van der Waals surface area contributed by atoms with Crippen molar-refractivity contribution in [1.82, 2.24) is 9.71 Å². The second-order valence-corrected chi connectivity index (χ2v) is 5.94. The number of anilines is 1. The highest BCUT2D eigenvalue weighted by Gasteiger charge is 2.13. The van der Waals surface area contributed by atoms with Gasteiger partial charge in [-0.25, -0.2) is 13.1 Å². The summed E-state index contributed by atoms with van der Waals surface area (Å²) in [6.45, 7) is 3.71. The molecule has 0 spiro atoms. The summed E-state index contributed by atoms with van der Waals surface area (Å²) < 4.78 is 31.6. The van der Waals surface area contributed by atoms with Crippen molar-refractivity contribution in [3.05, 3.63) is 18.5 Å². The van der Waals surface area contributed by atoms with Crippen molar-refractivity contribution < 1.29 is 13.2 Å². The third kappa shape index (κ3) is 6.00. The molecule has 0 saturated heterocycles. The molecule has 0 aliphatic rings. The minimum Gasteiger partial charge on any atom is -0.397 e. The van der Waals surface area contributed by atoms with Crippen molar-refractivity contribution in [1.29, 1.82) is 0 Å². The number of aromatic nitrogens is 1. The van der Waals surface area contributed by atoms with Crippen LogP contribution in [0.2, 0.25) is 0 Å². The van der Waals surface area contributed by atoms with E-state index in [1.54, 1.807) is 0 Å². The maximum Gasteiger partial charge on any atom is 0.242 e. The number of nitrogens with zero attached hydrogens (tertiary/aromatic N) is 1. The molecule has 1 aromatic heterocycles. The van der Waals surface area contributed by atoms with E-state index in [1.165, 1.54) is 18.5 Å². The molecule has 0 saturated carbocycles. The van der Waals surface area contributed by atoms with Gasteiger partial charge in [-0.05, 0) is 18.9 Å². The second-order valence-electron chi connectivity index (χ2n) is 4.17. The molecule has 1 heterocycles. The van der Waals surface area contributed by atoms with Crippen LogP contribution < -0.4 is 10.5 Å². The summed E-state index contributed by atoms with van der Waals surface area (Å²) in [5.41, 5.74) is 5.83. The van der Waals surface area contributed by atoms with Gasteiger partial charge >= 0.3 is 0 Å². The molecule has 0 unspecified atom stereocenters. The number of pyridine rings is 1. The third-order valence-corrected chi connectivity index (χ3v) is 3.87. The van der Waals surface area contributed by atoms with Crippen LogP contribution in [-0.2, 0) is 14.8 Å². The first-order valence-corrected chi connectivity index (χ1v) is 7.82. The van der Waals surface area contributed by atoms with Gasteiger partial charge in [0.25, 0.3) is 0 Å². The Hall–Kier alpha value is -1.18. The normalized spacial score (nSPS) is 11.6. The number of rotatable bonds is 9. The number of sulfonamides is 1. The van der Waals surface area contributed by atoms with E-state index in [-0.39, 0.29) is 4.90 Å². The van der Waals surface area contributed by atoms with Crippen LogP contribution in [0.25, 0.3) is 0 Å². The maximum absolute atomic E-state index is 11.9. The fourth-order valence-electron chi connectivity index (χ4n) is 1.40. The quantitative estimate of drug-likeness (QED) is 0.664. The molecule has 1 rings (SSSR count). The average Bonchev–Trinajstić information content (AvgIpc) is 2.38. The Balaban J connectivity index is 2.32. The van der Waals surface area contributed by atoms with E-state index in [0.717, 1.165) is 19.4 Å². The van der Waals surface area contributed by atoms with E-state index in [0.29, 0.717) is 25.3 Å². The van der Waals surface area contributed by atoms with Gasteiger partial charge in [-0.3, -0.25) is 4.98 Å². The highest BCUT2D eigenvalue weighted by atomic mass is 32.2. The molecule has 1 aromatic rings. The topological polar surface area (TPSA) is 94.3 Å². The van der Waals surface area contributed by atoms with Gasteiger partial charge in [0.2, 0.25) is 10.0 Å². The van der Waals surface area contributed by atoms with Crippen molar-refractivity contribution >= 4 is 15.7 Å². The predicted octanol–water partition coefficient (Wildman–Crippen LogP) is 1.15. The molecular weight excluding hydrogens is 266 g/mol. The fourth-order valence-corrected chi connectivity index (χ4v) is 2.47. The van der Waals surface area contributed by atoms with Crippen LogP contribution in [-0.4, -0.2) is 33.2 Å². The summed E-state index contributed by atoms with van der Waals surface area (Å²) in [7, 11) is -3.53. The van der Waals surface area contributed by atoms with Crippen LogP contribution in [0.15, 0.2) is 23.4 Å². The summed E-state index contributed by atoms with van der Waals surface area (Å²) in [5, 5.41) is 0. The average molecular weight is 287 g/mol. The Morgan fingerprint density at radius 3 is 2.74 bits per heavy atom. The lowest BCUT2D eigenvalue weighted by atomic mass is 10.4. The SMILES string of the molecule is CCCCOCCCNS(=O)(=O)c1cncc(N)c1. The number of hydrogen-bond donors (Lipinski definition) is 2. The lowest BCUT2D eigenvalue weighted by Gasteiger charge is -2.07. The standard InChI is InChI=1S/C12H21N3O3S/c1-2-3-6-18-7-4-5-15-19(16,17)12-8-11(13)9-14-10-12/h8-10,15H,2-7,13H2,1H3. The van der Waals surface area contributed by atoms with Gasteiger partial charge in [-0.2, -0.15) is 0 Å². The summed E-state index contributed by atoms with van der Waals surface area (Å²) in [6, 6.07) is 1.38. The molecule has 0 aliphatic heterocycles. The van der Waals surface area contributed by atoms with Crippen molar-refractivity contribution in [2.75, 3.05) is 25.5 Å². The molecule has 6 nitrogen and oxygen atoms in total. The number of nitrogens with two attached hydrogens (primary N) is 1. The van der Waals surface area contributed by atoms with E-state index in [9.17, 15) is 8.42 Å². The van der Waals surface area contributed by atoms with Crippen LogP contribution in [0.3, 0.4) is 0 Å². The first-order valence-electron chi connectivity index (χ1n) is 6.34. The number of unbranched alkanes of at least 4 members (excludes halogenated alkanes) is 1. The van der Waals surface area contributed by atoms with Gasteiger partial charge in [0.1, 0.15) is 4.90 Å². The molecule has 108 valence electrons. The lowest BCUT2D eigenvalue weighted by molar-refractivity contribution is 0.130. The Labute approximate surface area is 114 Å². The molecule has 7 heteroatoms. The molecule has 0 amide bonds. The number of ether oxygens (including phenoxy) is 1. The summed E-state index contributed by atoms with van der Waals surface area (Å²) in [6.07, 6.45) is 5.44. The van der Waals surface area contributed by atoms with Crippen molar-refractivity contribution in [3.63, 3.8) is 0 Å². The number of nitrogen functional groups attached to an aromatic ring is 1. The van der Waals surface area contributed by atoms with E-state index in [2.05, 4.69) is 16.6 Å². The highest BCUT2D eigenvalue weighted by molar-refractivity contribution is 7.89. The van der Waals surface area contributed by atoms with Crippen LogP contribution in [0.1, 0.15) is 26.2 Å². The van der Waals surface area contributed by atoms with Crippen LogP contribution in [0, 0.1) is 0 Å². The summed E-state index contributed by atoms with van der Waals surface area (Å²) >= 11 is 0. The molecule has 0 aromatic carbocycles. The van der Waals surface area contributed by atoms with E-state index < -0.39 is 10.0 Å². The molecule has 3 N–H and O–H groups in total. The van der Waals surface area contributed by atoms with Crippen LogP contribution >= 0.6 is 0 Å². The third-order valence-electron chi connectivity index (χ3n) is 2.44. The zero-order valence-electron chi connectivity index (χ0n) is 11.1. The fraction of sp³-hybridized carbons (Fsp3) is 0.583. The van der Waals surface area contributed by atoms with E-state index >= 15 is 0 Å². The predicted molar refractivity (Wildman–Crippen MR) is 74.2 cm³/mol. The Morgan fingerprint density at radius 2 is 2.05 bits per heavy atom. The number of hydrogen-bond acceptors (Lipinski definition) is 5. The van der Waals surface area contributed by atoms with Gasteiger partial charge in [-0.15, -0.1) is 0 Å². The van der Waals surface area contributed by atoms with Crippen LogP contribution in [0.4, 0.5) is 5.69 Å². The Morgan fingerprint density at radius 1 is 1.32 bits per heavy atom. The van der Waals surface area contributed by atoms with Gasteiger partial charge in [0.05, 0.1) is 5.69 Å². The monoisotopic (exact) mass is 287 g/mol. The van der Waals surface area contributed by atoms with E-state index in [1.807, 2.05) is 0 Å². The van der Waals surface area contributed by atoms with Gasteiger partial charge in [-0.1, -0.05) is 13.3 Å². The van der Waals surface area contributed by atoms with E-state index in [4.69, 9.17) is 10.5 Å². The van der Waals surface area contributed by atoms with Gasteiger partial charge < -0.3 is 10.5 Å². The lowest BCUT2D eigenvalue weighted by Crippen LogP contribution is -2.25. The largest absolute Gasteiger partial charge is 0.397 e. The highest BCUT2D eigenvalue weighted by Crippen LogP contribution is 2.10. The molecule has 19 heavy (non-hydrogen) atoms. The first kappa shape index (κ1) is 15.9. The van der Waals surface area contributed by atoms with Crippen molar-refractivity contribution in [2.24, 2.45) is 0 Å². The minimum atomic E-state index is -3.53. The molecule has 0 atom stereocenters. The smallest absolute Gasteiger partial charge is 0.242 e. The molecular formula is C12H21N3O3S. The second kappa shape index (κ2) is 8.08. The zero-order chi connectivity index (χ0) is 14.1. The summed E-state index contributed by atoms with van der Waals surface area (Å²) in [5.74, 6) is 0. The number of nitrogens with one attached hydrogen (secondary N) is 1. The molecule has 0 fully saturated rings. The Bertz CT molecular complexity index is 477. The Kier molecular flexibility index (Phi) is 6.75.